The first-order valence-corrected chi connectivity index (χ1v) is 7.05. The summed E-state index contributed by atoms with van der Waals surface area (Å²) in [5.41, 5.74) is 10.1. The molecule has 0 fully saturated rings. The van der Waals surface area contributed by atoms with Crippen molar-refractivity contribution in [2.45, 2.75) is 13.8 Å². The zero-order valence-corrected chi connectivity index (χ0v) is 11.0. The van der Waals surface area contributed by atoms with E-state index >= 15 is 0 Å². The molecule has 0 aromatic heterocycles. The van der Waals surface area contributed by atoms with E-state index in [4.69, 9.17) is 20.7 Å². The van der Waals surface area contributed by atoms with Gasteiger partial charge in [0.25, 0.3) is 0 Å². The average molecular weight is 261 g/mol. The second kappa shape index (κ2) is 9.30. The molecule has 4 N–H and O–H groups in total. The highest BCUT2D eigenvalue weighted by Gasteiger charge is 2.22. The minimum Gasteiger partial charge on any atom is -0.267 e. The van der Waals surface area contributed by atoms with Gasteiger partial charge in [-0.25, -0.2) is 0 Å². The normalized spacial score (nSPS) is 10.9. The molecule has 0 aliphatic heterocycles. The molecule has 0 radical (unpaired) electrons. The molecule has 7 heteroatoms. The third kappa shape index (κ3) is 9.00. The average Bonchev–Trinajstić information content (AvgIpc) is 2.31. The molecule has 98 valence electrons. The van der Waals surface area contributed by atoms with Crippen LogP contribution in [0.3, 0.4) is 0 Å². The van der Waals surface area contributed by atoms with Crippen LogP contribution >= 0.6 is 7.59 Å². The maximum Gasteiger partial charge on any atom is 0.323 e. The maximum absolute atomic E-state index is 10.9. The van der Waals surface area contributed by atoms with Crippen molar-refractivity contribution in [1.82, 2.24) is 5.00 Å². The number of hydrogen-bond donors (Lipinski definition) is 2. The van der Waals surface area contributed by atoms with Gasteiger partial charge in [0.05, 0.1) is 13.2 Å². The van der Waals surface area contributed by atoms with Gasteiger partial charge < -0.3 is 0 Å². The van der Waals surface area contributed by atoms with E-state index in [0.717, 1.165) is 0 Å². The first-order valence-electron chi connectivity index (χ1n) is 5.26. The standard InChI is InChI=1S/C6H6.C4H14N3O3P/c1-2-4-6-5-3-1;1-3-9-7(10-4-2)11(5,6)8/h1-6H;3-4H2,1-2H3,(H4,5,6,8). The van der Waals surface area contributed by atoms with Crippen LogP contribution in [0.15, 0.2) is 36.4 Å². The first kappa shape index (κ1) is 16.2. The van der Waals surface area contributed by atoms with Crippen molar-refractivity contribution in [2.24, 2.45) is 11.0 Å². The molecular weight excluding hydrogens is 241 g/mol. The summed E-state index contributed by atoms with van der Waals surface area (Å²) in [5.74, 6) is 0. The van der Waals surface area contributed by atoms with Crippen molar-refractivity contribution in [2.75, 3.05) is 13.2 Å². The van der Waals surface area contributed by atoms with E-state index < -0.39 is 7.59 Å². The van der Waals surface area contributed by atoms with Crippen molar-refractivity contribution < 1.29 is 14.2 Å². The van der Waals surface area contributed by atoms with E-state index in [9.17, 15) is 4.57 Å². The second-order valence-corrected chi connectivity index (χ2v) is 4.57. The van der Waals surface area contributed by atoms with Gasteiger partial charge in [-0.3, -0.25) is 25.2 Å². The van der Waals surface area contributed by atoms with Gasteiger partial charge >= 0.3 is 7.59 Å². The molecular formula is C10H20N3O3P. The fourth-order valence-corrected chi connectivity index (χ4v) is 1.42. The van der Waals surface area contributed by atoms with E-state index in [-0.39, 0.29) is 0 Å². The Kier molecular flexibility index (Phi) is 8.89. The first-order chi connectivity index (χ1) is 8.02. The van der Waals surface area contributed by atoms with Gasteiger partial charge in [-0.15, -0.1) is 0 Å². The lowest BCUT2D eigenvalue weighted by molar-refractivity contribution is -0.300. The molecule has 0 spiro atoms. The molecule has 0 amide bonds. The zero-order valence-electron chi connectivity index (χ0n) is 10.2. The molecule has 0 saturated carbocycles. The molecule has 0 aliphatic rings. The van der Waals surface area contributed by atoms with Crippen molar-refractivity contribution in [3.05, 3.63) is 36.4 Å². The fraction of sp³-hybridized carbons (Fsp3) is 0.400. The Morgan fingerprint density at radius 3 is 1.41 bits per heavy atom. The third-order valence-corrected chi connectivity index (χ3v) is 2.14. The highest BCUT2D eigenvalue weighted by atomic mass is 31.2. The molecule has 1 rings (SSSR count). The number of hydrogen-bond acceptors (Lipinski definition) is 3. The minimum atomic E-state index is -3.42. The zero-order chi connectivity index (χ0) is 13.1. The Morgan fingerprint density at radius 1 is 0.941 bits per heavy atom. The largest absolute Gasteiger partial charge is 0.323 e. The molecule has 6 nitrogen and oxygen atoms in total. The molecule has 17 heavy (non-hydrogen) atoms. The monoisotopic (exact) mass is 261 g/mol. The Balaban J connectivity index is 0.000000354. The van der Waals surface area contributed by atoms with Gasteiger partial charge in [-0.2, -0.15) is 0 Å². The predicted molar refractivity (Wildman–Crippen MR) is 67.5 cm³/mol. The SMILES string of the molecule is CCON(OCC)P(N)(N)=O.c1ccccc1. The highest BCUT2D eigenvalue weighted by Crippen LogP contribution is 2.31. The number of nitrogens with two attached hydrogens (primary N) is 2. The van der Waals surface area contributed by atoms with Gasteiger partial charge in [-0.1, -0.05) is 36.4 Å². The van der Waals surface area contributed by atoms with Crippen LogP contribution in [0.2, 0.25) is 0 Å². The van der Waals surface area contributed by atoms with E-state index in [2.05, 4.69) is 0 Å². The van der Waals surface area contributed by atoms with Crippen LogP contribution in [-0.2, 0) is 14.2 Å². The van der Waals surface area contributed by atoms with E-state index in [1.54, 1.807) is 13.8 Å². The Hall–Kier alpha value is -0.750. The molecule has 0 aliphatic carbocycles. The van der Waals surface area contributed by atoms with Crippen LogP contribution in [0.25, 0.3) is 0 Å². The Bertz CT molecular complexity index is 285. The molecule has 1 aromatic rings. The van der Waals surface area contributed by atoms with Crippen molar-refractivity contribution in [3.8, 4) is 0 Å². The molecule has 0 atom stereocenters. The van der Waals surface area contributed by atoms with Gasteiger partial charge in [0.1, 0.15) is 0 Å². The number of nitrogens with zero attached hydrogens (tertiary/aromatic N) is 1. The van der Waals surface area contributed by atoms with Gasteiger partial charge in [0, 0.05) is 5.00 Å². The predicted octanol–water partition coefficient (Wildman–Crippen LogP) is 1.90. The summed E-state index contributed by atoms with van der Waals surface area (Å²) in [6.45, 7) is 4.03. The van der Waals surface area contributed by atoms with Crippen LogP contribution in [0.4, 0.5) is 0 Å². The van der Waals surface area contributed by atoms with Crippen molar-refractivity contribution >= 4 is 7.59 Å². The molecule has 0 heterocycles. The van der Waals surface area contributed by atoms with Crippen LogP contribution in [-0.4, -0.2) is 18.2 Å². The molecule has 1 aromatic carbocycles. The maximum atomic E-state index is 10.9. The highest BCUT2D eigenvalue weighted by molar-refractivity contribution is 7.56. The number of rotatable bonds is 5. The van der Waals surface area contributed by atoms with Crippen LogP contribution in [0.1, 0.15) is 13.8 Å². The lowest BCUT2D eigenvalue weighted by Gasteiger charge is -2.21. The molecule has 0 unspecified atom stereocenters. The summed E-state index contributed by atoms with van der Waals surface area (Å²) < 4.78 is 10.9. The lowest BCUT2D eigenvalue weighted by Crippen LogP contribution is -2.29. The smallest absolute Gasteiger partial charge is 0.267 e. The van der Waals surface area contributed by atoms with E-state index in [1.165, 1.54) is 0 Å². The summed E-state index contributed by atoms with van der Waals surface area (Å²) in [6, 6.07) is 12.0. The fourth-order valence-electron chi connectivity index (χ4n) is 0.824. The summed E-state index contributed by atoms with van der Waals surface area (Å²) in [6.07, 6.45) is 0. The molecule has 0 saturated heterocycles. The third-order valence-electron chi connectivity index (χ3n) is 1.40. The Labute approximate surface area is 102 Å². The second-order valence-electron chi connectivity index (χ2n) is 2.90. The van der Waals surface area contributed by atoms with Crippen molar-refractivity contribution in [3.63, 3.8) is 0 Å². The van der Waals surface area contributed by atoms with Gasteiger partial charge in [-0.05, 0) is 13.8 Å². The minimum absolute atomic E-state index is 0.304. The van der Waals surface area contributed by atoms with Gasteiger partial charge in [0.2, 0.25) is 0 Å². The van der Waals surface area contributed by atoms with E-state index in [0.29, 0.717) is 18.2 Å². The van der Waals surface area contributed by atoms with Gasteiger partial charge in [0.15, 0.2) is 0 Å². The van der Waals surface area contributed by atoms with E-state index in [1.807, 2.05) is 36.4 Å². The van der Waals surface area contributed by atoms with Crippen LogP contribution in [0.5, 0.6) is 0 Å². The van der Waals surface area contributed by atoms with Crippen molar-refractivity contribution in [1.29, 1.82) is 0 Å². The number of benzene rings is 1. The quantitative estimate of drug-likeness (QED) is 0.621. The topological polar surface area (TPSA) is 90.8 Å². The Morgan fingerprint density at radius 2 is 1.24 bits per heavy atom. The summed E-state index contributed by atoms with van der Waals surface area (Å²) in [7, 11) is -3.42. The van der Waals surface area contributed by atoms with Crippen LogP contribution in [0, 0.1) is 0 Å². The summed E-state index contributed by atoms with van der Waals surface area (Å²) in [5, 5.41) is 0. The summed E-state index contributed by atoms with van der Waals surface area (Å²) in [4.78, 5) is 10.1. The molecule has 0 bridgehead atoms. The summed E-state index contributed by atoms with van der Waals surface area (Å²) >= 11 is 0. The van der Waals surface area contributed by atoms with Crippen LogP contribution < -0.4 is 11.0 Å². The lowest BCUT2D eigenvalue weighted by atomic mass is 10.4.